The van der Waals surface area contributed by atoms with Gasteiger partial charge in [-0.2, -0.15) is 0 Å². The molecule has 0 bridgehead atoms. The van der Waals surface area contributed by atoms with Gasteiger partial charge in [-0.3, -0.25) is 19.3 Å². The summed E-state index contributed by atoms with van der Waals surface area (Å²) in [4.78, 5) is 42.8. The molecule has 10 heteroatoms. The van der Waals surface area contributed by atoms with Crippen molar-refractivity contribution < 1.29 is 33.0 Å². The van der Waals surface area contributed by atoms with Gasteiger partial charge < -0.3 is 24.4 Å². The molecule has 2 aromatic rings. The molecule has 4 rings (SSSR count). The number of methoxy groups -OCH3 is 2. The lowest BCUT2D eigenvalue weighted by molar-refractivity contribution is -0.128. The van der Waals surface area contributed by atoms with Crippen molar-refractivity contribution >= 4 is 17.7 Å². The first-order chi connectivity index (χ1) is 17.4. The molecule has 9 nitrogen and oxygen atoms in total. The highest BCUT2D eigenvalue weighted by Crippen LogP contribution is 2.39. The second kappa shape index (κ2) is 11.0. The maximum Gasteiger partial charge on any atom is 0.257 e. The molecule has 2 aromatic carbocycles. The molecule has 2 fully saturated rings. The number of halogens is 1. The standard InChI is InChI=1S/C26H30FN3O6/c1-34-15-12-28-23(31)22-17-36-26(30(22)24(32)18-6-5-7-19(16-18)35-2)10-13-29(14-11-26)25(33)20-8-3-4-9-21(20)27/h3-9,16,22H,10-15,17H2,1-2H3,(H,28,31)/t22-/m0/s1. The molecule has 2 aliphatic heterocycles. The van der Waals surface area contributed by atoms with Crippen molar-refractivity contribution in [3.05, 3.63) is 65.5 Å². The van der Waals surface area contributed by atoms with E-state index in [9.17, 15) is 18.8 Å². The van der Waals surface area contributed by atoms with Crippen molar-refractivity contribution in [3.63, 3.8) is 0 Å². The maximum atomic E-state index is 14.2. The van der Waals surface area contributed by atoms with Crippen LogP contribution in [0.5, 0.6) is 5.75 Å². The summed E-state index contributed by atoms with van der Waals surface area (Å²) in [5.41, 5.74) is -0.714. The second-order valence-corrected chi connectivity index (χ2v) is 8.74. The Morgan fingerprint density at radius 3 is 2.53 bits per heavy atom. The van der Waals surface area contributed by atoms with Gasteiger partial charge in [0.05, 0.1) is 25.9 Å². The molecule has 3 amide bonds. The third kappa shape index (κ3) is 5.05. The molecule has 0 saturated carbocycles. The van der Waals surface area contributed by atoms with E-state index in [0.29, 0.717) is 24.5 Å². The van der Waals surface area contributed by atoms with Gasteiger partial charge in [0, 0.05) is 45.1 Å². The van der Waals surface area contributed by atoms with E-state index < -0.39 is 23.5 Å². The van der Waals surface area contributed by atoms with Crippen LogP contribution in [-0.2, 0) is 14.3 Å². The molecule has 0 aliphatic carbocycles. The smallest absolute Gasteiger partial charge is 0.257 e. The predicted octanol–water partition coefficient (Wildman–Crippen LogP) is 2.07. The Bertz CT molecular complexity index is 1120. The fraction of sp³-hybridized carbons (Fsp3) is 0.423. The second-order valence-electron chi connectivity index (χ2n) is 8.74. The van der Waals surface area contributed by atoms with Gasteiger partial charge in [0.1, 0.15) is 23.3 Å². The van der Waals surface area contributed by atoms with E-state index in [0.717, 1.165) is 0 Å². The van der Waals surface area contributed by atoms with Crippen LogP contribution in [-0.4, -0.2) is 86.4 Å². The van der Waals surface area contributed by atoms with Gasteiger partial charge in [-0.25, -0.2) is 4.39 Å². The van der Waals surface area contributed by atoms with Crippen molar-refractivity contribution in [2.45, 2.75) is 24.6 Å². The maximum absolute atomic E-state index is 14.2. The van der Waals surface area contributed by atoms with Gasteiger partial charge in [0.2, 0.25) is 5.91 Å². The molecule has 2 aliphatic rings. The summed E-state index contributed by atoms with van der Waals surface area (Å²) < 4.78 is 30.6. The number of ether oxygens (including phenoxy) is 3. The third-order valence-electron chi connectivity index (χ3n) is 6.64. The lowest BCUT2D eigenvalue weighted by Crippen LogP contribution is -2.60. The zero-order valence-electron chi connectivity index (χ0n) is 20.4. The molecule has 1 spiro atoms. The Balaban J connectivity index is 1.57. The van der Waals surface area contributed by atoms with Crippen molar-refractivity contribution in [1.82, 2.24) is 15.1 Å². The fourth-order valence-electron chi connectivity index (χ4n) is 4.72. The number of carbonyl (C=O) groups excluding carboxylic acids is 3. The Hall–Kier alpha value is -3.50. The summed E-state index contributed by atoms with van der Waals surface area (Å²) in [6, 6.07) is 11.7. The monoisotopic (exact) mass is 499 g/mol. The van der Waals surface area contributed by atoms with Crippen LogP contribution in [0.1, 0.15) is 33.6 Å². The molecule has 1 atom stereocenters. The lowest BCUT2D eigenvalue weighted by atomic mass is 9.96. The van der Waals surface area contributed by atoms with Crippen LogP contribution >= 0.6 is 0 Å². The molecule has 2 saturated heterocycles. The van der Waals surface area contributed by atoms with Gasteiger partial charge >= 0.3 is 0 Å². The number of nitrogens with zero attached hydrogens (tertiary/aromatic N) is 2. The molecule has 36 heavy (non-hydrogen) atoms. The largest absolute Gasteiger partial charge is 0.497 e. The van der Waals surface area contributed by atoms with E-state index in [1.165, 1.54) is 37.3 Å². The van der Waals surface area contributed by atoms with E-state index in [1.54, 1.807) is 35.2 Å². The number of hydrogen-bond donors (Lipinski definition) is 1. The number of piperidine rings is 1. The molecule has 192 valence electrons. The minimum atomic E-state index is -1.07. The summed E-state index contributed by atoms with van der Waals surface area (Å²) in [7, 11) is 3.05. The Morgan fingerprint density at radius 2 is 1.83 bits per heavy atom. The third-order valence-corrected chi connectivity index (χ3v) is 6.64. The molecular formula is C26H30FN3O6. The number of hydrogen-bond acceptors (Lipinski definition) is 6. The Labute approximate surface area is 209 Å². The van der Waals surface area contributed by atoms with Crippen molar-refractivity contribution in [1.29, 1.82) is 0 Å². The number of carbonyl (C=O) groups is 3. The van der Waals surface area contributed by atoms with E-state index in [-0.39, 0.29) is 49.9 Å². The average Bonchev–Trinajstić information content (AvgIpc) is 3.27. The first-order valence-electron chi connectivity index (χ1n) is 11.8. The van der Waals surface area contributed by atoms with E-state index >= 15 is 0 Å². The highest BCUT2D eigenvalue weighted by atomic mass is 19.1. The van der Waals surface area contributed by atoms with Gasteiger partial charge in [-0.15, -0.1) is 0 Å². The van der Waals surface area contributed by atoms with Gasteiger partial charge in [-0.1, -0.05) is 18.2 Å². The lowest BCUT2D eigenvalue weighted by Gasteiger charge is -2.44. The fourth-order valence-corrected chi connectivity index (χ4v) is 4.72. The van der Waals surface area contributed by atoms with Crippen molar-refractivity contribution in [2.24, 2.45) is 0 Å². The Morgan fingerprint density at radius 1 is 1.08 bits per heavy atom. The van der Waals surface area contributed by atoms with E-state index in [1.807, 2.05) is 0 Å². The summed E-state index contributed by atoms with van der Waals surface area (Å²) in [5, 5.41) is 2.79. The number of rotatable bonds is 7. The van der Waals surface area contributed by atoms with Gasteiger partial charge in [0.25, 0.3) is 11.8 Å². The number of nitrogens with one attached hydrogen (secondary N) is 1. The SMILES string of the molecule is COCCNC(=O)[C@@H]1COC2(CCN(C(=O)c3ccccc3F)CC2)N1C(=O)c1cccc(OC)c1. The first kappa shape index (κ1) is 25.6. The van der Waals surface area contributed by atoms with Crippen LogP contribution in [0, 0.1) is 5.82 Å². The van der Waals surface area contributed by atoms with Gasteiger partial charge in [0.15, 0.2) is 0 Å². The van der Waals surface area contributed by atoms with Crippen LogP contribution in [0.4, 0.5) is 4.39 Å². The Kier molecular flexibility index (Phi) is 7.85. The topological polar surface area (TPSA) is 97.4 Å². The summed E-state index contributed by atoms with van der Waals surface area (Å²) in [5.74, 6) is -1.19. The van der Waals surface area contributed by atoms with Crippen LogP contribution in [0.25, 0.3) is 0 Å². The zero-order valence-corrected chi connectivity index (χ0v) is 20.4. The minimum Gasteiger partial charge on any atom is -0.497 e. The molecule has 0 aromatic heterocycles. The number of benzene rings is 2. The molecule has 1 N–H and O–H groups in total. The zero-order chi connectivity index (χ0) is 25.7. The van der Waals surface area contributed by atoms with E-state index in [4.69, 9.17) is 14.2 Å². The molecule has 0 unspecified atom stereocenters. The summed E-state index contributed by atoms with van der Waals surface area (Å²) >= 11 is 0. The average molecular weight is 500 g/mol. The van der Waals surface area contributed by atoms with Crippen LogP contribution < -0.4 is 10.1 Å². The number of likely N-dealkylation sites (tertiary alicyclic amines) is 1. The minimum absolute atomic E-state index is 0.000464. The quantitative estimate of drug-likeness (QED) is 0.586. The highest BCUT2D eigenvalue weighted by molar-refractivity contribution is 5.99. The normalized spacial score (nSPS) is 18.8. The molecular weight excluding hydrogens is 469 g/mol. The van der Waals surface area contributed by atoms with E-state index in [2.05, 4.69) is 5.32 Å². The predicted molar refractivity (Wildman–Crippen MR) is 128 cm³/mol. The van der Waals surface area contributed by atoms with Crippen LogP contribution in [0.3, 0.4) is 0 Å². The summed E-state index contributed by atoms with van der Waals surface area (Å²) in [6.07, 6.45) is 0.565. The van der Waals surface area contributed by atoms with Crippen LogP contribution in [0.2, 0.25) is 0 Å². The molecule has 2 heterocycles. The number of amides is 3. The van der Waals surface area contributed by atoms with Crippen molar-refractivity contribution in [3.8, 4) is 5.75 Å². The van der Waals surface area contributed by atoms with Crippen LogP contribution in [0.15, 0.2) is 48.5 Å². The summed E-state index contributed by atoms with van der Waals surface area (Å²) in [6.45, 7) is 1.14. The molecule has 0 radical (unpaired) electrons. The van der Waals surface area contributed by atoms with Crippen molar-refractivity contribution in [2.75, 3.05) is 47.1 Å². The highest BCUT2D eigenvalue weighted by Gasteiger charge is 2.54. The first-order valence-corrected chi connectivity index (χ1v) is 11.8. The van der Waals surface area contributed by atoms with Gasteiger partial charge in [-0.05, 0) is 30.3 Å².